The zero-order valence-corrected chi connectivity index (χ0v) is 30.8. The van der Waals surface area contributed by atoms with E-state index in [1.807, 2.05) is 121 Å². The second kappa shape index (κ2) is 18.7. The van der Waals surface area contributed by atoms with Crippen molar-refractivity contribution in [2.75, 3.05) is 19.4 Å². The molecule has 3 unspecified atom stereocenters. The molecule has 0 saturated carbocycles. The number of esters is 1. The number of hydrogen-bond acceptors (Lipinski definition) is 8. The van der Waals surface area contributed by atoms with E-state index < -0.39 is 53.9 Å². The van der Waals surface area contributed by atoms with E-state index in [-0.39, 0.29) is 24.3 Å². The number of amides is 3. The van der Waals surface area contributed by atoms with Gasteiger partial charge in [-0.05, 0) is 39.9 Å². The van der Waals surface area contributed by atoms with Crippen LogP contribution in [0.15, 0.2) is 146 Å². The highest BCUT2D eigenvalue weighted by atomic mass is 32.1. The molecule has 5 N–H and O–H groups in total. The summed E-state index contributed by atoms with van der Waals surface area (Å²) in [6, 6.07) is 40.0. The molecule has 54 heavy (non-hydrogen) atoms. The Morgan fingerprint density at radius 2 is 1.09 bits per heavy atom. The van der Waals surface area contributed by atoms with E-state index >= 15 is 0 Å². The number of aromatic hydroxyl groups is 1. The Hall–Kier alpha value is -5.91. The van der Waals surface area contributed by atoms with Crippen molar-refractivity contribution < 1.29 is 29.0 Å². The third kappa shape index (κ3) is 8.99. The molecule has 0 bridgehead atoms. The lowest BCUT2D eigenvalue weighted by Crippen LogP contribution is -2.64. The molecule has 0 aliphatic carbocycles. The Kier molecular flexibility index (Phi) is 13.6. The van der Waals surface area contributed by atoms with Crippen molar-refractivity contribution in [2.45, 2.75) is 36.5 Å². The average Bonchev–Trinajstić information content (AvgIpc) is 3.22. The fraction of sp³-hybridized carbons (Fsp3) is 0.209. The highest BCUT2D eigenvalue weighted by Crippen LogP contribution is 2.44. The molecule has 0 spiro atoms. The SMILES string of the molecule is COC(=O)C(Cc1ccccc1)NC(=O)C(Cc1ccc(O)cc1)NC(=O)C(CS)N(C(=O)CN)C(c1ccccc1)(c1ccccc1)c1ccccc1. The summed E-state index contributed by atoms with van der Waals surface area (Å²) >= 11 is 4.65. The minimum absolute atomic E-state index is 0.0115. The van der Waals surface area contributed by atoms with Gasteiger partial charge in [0, 0.05) is 18.6 Å². The molecule has 11 heteroatoms. The molecule has 0 aliphatic rings. The summed E-state index contributed by atoms with van der Waals surface area (Å²) in [7, 11) is 1.24. The molecule has 0 saturated heterocycles. The predicted molar refractivity (Wildman–Crippen MR) is 211 cm³/mol. The topological polar surface area (TPSA) is 151 Å². The van der Waals surface area contributed by atoms with Crippen LogP contribution in [0.25, 0.3) is 0 Å². The first-order valence-corrected chi connectivity index (χ1v) is 18.2. The van der Waals surface area contributed by atoms with Crippen molar-refractivity contribution in [3.63, 3.8) is 0 Å². The van der Waals surface area contributed by atoms with Crippen molar-refractivity contribution in [3.8, 4) is 5.75 Å². The molecular formula is C43H44N4O6S. The number of carbonyl (C=O) groups is 4. The summed E-state index contributed by atoms with van der Waals surface area (Å²) in [6.07, 6.45) is 0.132. The molecule has 5 aromatic carbocycles. The third-order valence-corrected chi connectivity index (χ3v) is 9.61. The zero-order chi connectivity index (χ0) is 38.5. The molecule has 0 heterocycles. The van der Waals surface area contributed by atoms with Crippen molar-refractivity contribution in [1.82, 2.24) is 15.5 Å². The van der Waals surface area contributed by atoms with E-state index in [2.05, 4.69) is 23.3 Å². The lowest BCUT2D eigenvalue weighted by Gasteiger charge is -2.48. The number of nitrogens with zero attached hydrogens (tertiary/aromatic N) is 1. The number of rotatable bonds is 16. The molecule has 10 nitrogen and oxygen atoms in total. The Morgan fingerprint density at radius 1 is 0.667 bits per heavy atom. The molecule has 5 aromatic rings. The molecule has 0 aromatic heterocycles. The van der Waals surface area contributed by atoms with Gasteiger partial charge in [-0.15, -0.1) is 0 Å². The minimum atomic E-state index is -1.37. The number of nitrogens with one attached hydrogen (secondary N) is 2. The number of thiol groups is 1. The van der Waals surface area contributed by atoms with Gasteiger partial charge < -0.3 is 31.1 Å². The van der Waals surface area contributed by atoms with Crippen LogP contribution in [0.1, 0.15) is 27.8 Å². The Bertz CT molecular complexity index is 1890. The number of phenolic OH excluding ortho intramolecular Hbond substituents is 1. The van der Waals surface area contributed by atoms with Gasteiger partial charge in [0.15, 0.2) is 0 Å². The van der Waals surface area contributed by atoms with Crippen LogP contribution in [0.4, 0.5) is 0 Å². The van der Waals surface area contributed by atoms with E-state index in [0.29, 0.717) is 22.3 Å². The number of nitrogens with two attached hydrogens (primary N) is 1. The van der Waals surface area contributed by atoms with Crippen molar-refractivity contribution in [2.24, 2.45) is 5.73 Å². The number of phenols is 1. The smallest absolute Gasteiger partial charge is 0.328 e. The normalized spacial score (nSPS) is 12.8. The molecule has 3 amide bonds. The van der Waals surface area contributed by atoms with Crippen LogP contribution in [-0.2, 0) is 42.3 Å². The highest BCUT2D eigenvalue weighted by Gasteiger charge is 2.49. The number of ether oxygens (including phenoxy) is 1. The minimum Gasteiger partial charge on any atom is -0.508 e. The number of benzene rings is 5. The van der Waals surface area contributed by atoms with Gasteiger partial charge in [0.25, 0.3) is 0 Å². The maximum atomic E-state index is 14.8. The second-order valence-electron chi connectivity index (χ2n) is 12.7. The lowest BCUT2D eigenvalue weighted by atomic mass is 9.74. The summed E-state index contributed by atoms with van der Waals surface area (Å²) in [5, 5.41) is 15.6. The third-order valence-electron chi connectivity index (χ3n) is 9.26. The van der Waals surface area contributed by atoms with Crippen LogP contribution in [0, 0.1) is 0 Å². The Morgan fingerprint density at radius 3 is 1.54 bits per heavy atom. The zero-order valence-electron chi connectivity index (χ0n) is 29.9. The van der Waals surface area contributed by atoms with E-state index in [4.69, 9.17) is 10.5 Å². The Labute approximate surface area is 320 Å². The van der Waals surface area contributed by atoms with Crippen LogP contribution in [0.2, 0.25) is 0 Å². The summed E-state index contributed by atoms with van der Waals surface area (Å²) in [5.74, 6) is -2.63. The fourth-order valence-electron chi connectivity index (χ4n) is 6.73. The highest BCUT2D eigenvalue weighted by molar-refractivity contribution is 7.80. The quantitative estimate of drug-likeness (QED) is 0.0571. The van der Waals surface area contributed by atoms with Gasteiger partial charge in [0.1, 0.15) is 29.4 Å². The van der Waals surface area contributed by atoms with E-state index in [1.165, 1.54) is 24.1 Å². The van der Waals surface area contributed by atoms with Gasteiger partial charge >= 0.3 is 5.97 Å². The van der Waals surface area contributed by atoms with E-state index in [0.717, 1.165) is 5.56 Å². The van der Waals surface area contributed by atoms with Crippen molar-refractivity contribution in [3.05, 3.63) is 173 Å². The summed E-state index contributed by atoms with van der Waals surface area (Å²) in [6.45, 7) is -0.427. The summed E-state index contributed by atoms with van der Waals surface area (Å²) in [5.41, 5.74) is 8.28. The van der Waals surface area contributed by atoms with Gasteiger partial charge in [0.2, 0.25) is 17.7 Å². The van der Waals surface area contributed by atoms with E-state index in [9.17, 15) is 24.3 Å². The fourth-order valence-corrected chi connectivity index (χ4v) is 7.06. The standard InChI is InChI=1S/C43H44N4O6S/c1-53-42(52)37(27-30-14-6-2-7-15-30)46-40(50)36(26-31-22-24-35(48)25-23-31)45-41(51)38(29-54)47(39(49)28-44)43(32-16-8-3-9-17-32,33-18-10-4-11-19-33)34-20-12-5-13-21-34/h2-25,36-38,48,54H,26-29,44H2,1H3,(H,45,51)(H,46,50). The molecule has 0 radical (unpaired) electrons. The summed E-state index contributed by atoms with van der Waals surface area (Å²) < 4.78 is 5.03. The largest absolute Gasteiger partial charge is 0.508 e. The maximum Gasteiger partial charge on any atom is 0.328 e. The maximum absolute atomic E-state index is 14.8. The monoisotopic (exact) mass is 744 g/mol. The molecule has 278 valence electrons. The lowest BCUT2D eigenvalue weighted by molar-refractivity contribution is -0.146. The molecular weight excluding hydrogens is 701 g/mol. The first-order valence-electron chi connectivity index (χ1n) is 17.5. The van der Waals surface area contributed by atoms with Gasteiger partial charge in [-0.25, -0.2) is 4.79 Å². The number of methoxy groups -OCH3 is 1. The van der Waals surface area contributed by atoms with Crippen LogP contribution in [0.5, 0.6) is 5.75 Å². The van der Waals surface area contributed by atoms with Crippen LogP contribution in [0.3, 0.4) is 0 Å². The van der Waals surface area contributed by atoms with Crippen LogP contribution >= 0.6 is 12.6 Å². The van der Waals surface area contributed by atoms with Gasteiger partial charge in [-0.1, -0.05) is 133 Å². The second-order valence-corrected chi connectivity index (χ2v) is 13.0. The van der Waals surface area contributed by atoms with Crippen LogP contribution < -0.4 is 16.4 Å². The van der Waals surface area contributed by atoms with Crippen LogP contribution in [-0.4, -0.2) is 71.2 Å². The predicted octanol–water partition coefficient (Wildman–Crippen LogP) is 4.40. The van der Waals surface area contributed by atoms with Crippen molar-refractivity contribution >= 4 is 36.3 Å². The van der Waals surface area contributed by atoms with Gasteiger partial charge in [-0.3, -0.25) is 14.4 Å². The Balaban J connectivity index is 1.60. The first-order chi connectivity index (χ1) is 26.2. The molecule has 0 fully saturated rings. The first kappa shape index (κ1) is 39.3. The summed E-state index contributed by atoms with van der Waals surface area (Å²) in [4.78, 5) is 57.8. The van der Waals surface area contributed by atoms with E-state index in [1.54, 1.807) is 12.1 Å². The molecule has 0 aliphatic heterocycles. The number of hydrogen-bond donors (Lipinski definition) is 5. The molecule has 3 atom stereocenters. The average molecular weight is 745 g/mol. The molecule has 5 rings (SSSR count). The van der Waals surface area contributed by atoms with Gasteiger partial charge in [0.05, 0.1) is 13.7 Å². The number of carbonyl (C=O) groups excluding carboxylic acids is 4. The van der Waals surface area contributed by atoms with Crippen molar-refractivity contribution in [1.29, 1.82) is 0 Å². The van der Waals surface area contributed by atoms with Gasteiger partial charge in [-0.2, -0.15) is 12.6 Å².